The van der Waals surface area contributed by atoms with Crippen molar-refractivity contribution in [2.24, 2.45) is 5.92 Å². The van der Waals surface area contributed by atoms with E-state index in [0.29, 0.717) is 12.1 Å². The van der Waals surface area contributed by atoms with Crippen LogP contribution in [0.1, 0.15) is 25.0 Å². The van der Waals surface area contributed by atoms with Gasteiger partial charge >= 0.3 is 0 Å². The Balaban J connectivity index is 1.80. The van der Waals surface area contributed by atoms with Crippen LogP contribution in [-0.2, 0) is 21.4 Å². The van der Waals surface area contributed by atoms with E-state index in [4.69, 9.17) is 0 Å². The average molecular weight is 412 g/mol. The zero-order valence-corrected chi connectivity index (χ0v) is 17.5. The van der Waals surface area contributed by atoms with Crippen molar-refractivity contribution in [1.82, 2.24) is 15.0 Å². The Morgan fingerprint density at radius 3 is 2.41 bits per heavy atom. The molecule has 1 aromatic heterocycles. The molecule has 2 aromatic carbocycles. The molecule has 6 nitrogen and oxygen atoms in total. The number of hydrogen-bond donors (Lipinski definition) is 2. The molecule has 0 saturated carbocycles. The summed E-state index contributed by atoms with van der Waals surface area (Å²) >= 11 is 0. The van der Waals surface area contributed by atoms with E-state index in [1.807, 2.05) is 31.2 Å². The Morgan fingerprint density at radius 2 is 1.72 bits per heavy atom. The van der Waals surface area contributed by atoms with Crippen LogP contribution in [0.15, 0.2) is 65.7 Å². The molecule has 0 radical (unpaired) electrons. The molecule has 0 bridgehead atoms. The van der Waals surface area contributed by atoms with Crippen molar-refractivity contribution in [2.45, 2.75) is 38.3 Å². The molecule has 3 rings (SSSR count). The molecule has 152 valence electrons. The third-order valence-corrected chi connectivity index (χ3v) is 6.18. The maximum atomic E-state index is 13.0. The third kappa shape index (κ3) is 4.99. The summed E-state index contributed by atoms with van der Waals surface area (Å²) in [5.74, 6) is -0.594. The highest BCUT2D eigenvalue weighted by Gasteiger charge is 2.29. The van der Waals surface area contributed by atoms with Gasteiger partial charge in [0.1, 0.15) is 10.9 Å². The minimum absolute atomic E-state index is 0.0626. The predicted molar refractivity (Wildman–Crippen MR) is 114 cm³/mol. The molecular formula is C22H25N3O3S. The van der Waals surface area contributed by atoms with Crippen LogP contribution >= 0.6 is 0 Å². The smallest absolute Gasteiger partial charge is 0.243 e. The number of benzene rings is 2. The van der Waals surface area contributed by atoms with Gasteiger partial charge in [-0.05, 0) is 30.5 Å². The summed E-state index contributed by atoms with van der Waals surface area (Å²) in [6, 6.07) is 15.4. The van der Waals surface area contributed by atoms with Crippen molar-refractivity contribution < 1.29 is 13.2 Å². The first-order valence-corrected chi connectivity index (χ1v) is 11.0. The summed E-state index contributed by atoms with van der Waals surface area (Å²) in [4.78, 5) is 17.0. The number of hydrogen-bond acceptors (Lipinski definition) is 4. The molecule has 2 N–H and O–H groups in total. The van der Waals surface area contributed by atoms with Crippen molar-refractivity contribution in [2.75, 3.05) is 0 Å². The quantitative estimate of drug-likeness (QED) is 0.625. The lowest BCUT2D eigenvalue weighted by Gasteiger charge is -2.22. The molecular weight excluding hydrogens is 386 g/mol. The third-order valence-electron chi connectivity index (χ3n) is 4.70. The summed E-state index contributed by atoms with van der Waals surface area (Å²) in [5, 5.41) is 3.55. The topological polar surface area (TPSA) is 88.2 Å². The summed E-state index contributed by atoms with van der Waals surface area (Å²) < 4.78 is 28.7. The number of aryl methyl sites for hydroxylation is 1. The lowest BCUT2D eigenvalue weighted by atomic mass is 10.0. The minimum Gasteiger partial charge on any atom is -0.351 e. The maximum Gasteiger partial charge on any atom is 0.243 e. The summed E-state index contributed by atoms with van der Waals surface area (Å²) in [7, 11) is -3.94. The Bertz CT molecular complexity index is 1100. The molecule has 29 heavy (non-hydrogen) atoms. The average Bonchev–Trinajstić information content (AvgIpc) is 2.70. The van der Waals surface area contributed by atoms with Crippen LogP contribution in [0.3, 0.4) is 0 Å². The van der Waals surface area contributed by atoms with Crippen LogP contribution in [0.4, 0.5) is 0 Å². The van der Waals surface area contributed by atoms with Crippen molar-refractivity contribution in [3.63, 3.8) is 0 Å². The largest absolute Gasteiger partial charge is 0.351 e. The van der Waals surface area contributed by atoms with Crippen LogP contribution in [0.5, 0.6) is 0 Å². The lowest BCUT2D eigenvalue weighted by Crippen LogP contribution is -2.49. The molecule has 1 heterocycles. The fraction of sp³-hybridized carbons (Fsp3) is 0.273. The van der Waals surface area contributed by atoms with E-state index >= 15 is 0 Å². The summed E-state index contributed by atoms with van der Waals surface area (Å²) in [6.45, 7) is 5.94. The van der Waals surface area contributed by atoms with Crippen molar-refractivity contribution in [3.05, 3.63) is 71.9 Å². The van der Waals surface area contributed by atoms with Gasteiger partial charge in [0.25, 0.3) is 0 Å². The number of nitrogens with one attached hydrogen (secondary N) is 2. The van der Waals surface area contributed by atoms with Gasteiger partial charge in [0.05, 0.1) is 5.52 Å². The molecule has 0 unspecified atom stereocenters. The fourth-order valence-electron chi connectivity index (χ4n) is 3.02. The molecule has 0 aliphatic rings. The second kappa shape index (κ2) is 8.71. The van der Waals surface area contributed by atoms with Crippen molar-refractivity contribution in [1.29, 1.82) is 0 Å². The van der Waals surface area contributed by atoms with Gasteiger partial charge in [-0.25, -0.2) is 8.42 Å². The van der Waals surface area contributed by atoms with E-state index < -0.39 is 16.1 Å². The molecule has 7 heteroatoms. The van der Waals surface area contributed by atoms with Gasteiger partial charge in [0.15, 0.2) is 0 Å². The molecule has 1 atom stereocenters. The van der Waals surface area contributed by atoms with E-state index in [1.54, 1.807) is 44.3 Å². The van der Waals surface area contributed by atoms with Crippen LogP contribution in [0.25, 0.3) is 10.9 Å². The number of aromatic nitrogens is 1. The number of carbonyl (C=O) groups is 1. The number of pyridine rings is 1. The first-order valence-electron chi connectivity index (χ1n) is 9.47. The predicted octanol–water partition coefficient (Wildman–Crippen LogP) is 3.16. The lowest BCUT2D eigenvalue weighted by molar-refractivity contribution is -0.123. The van der Waals surface area contributed by atoms with Gasteiger partial charge in [-0.3, -0.25) is 9.78 Å². The molecule has 0 fully saturated rings. The van der Waals surface area contributed by atoms with Crippen LogP contribution in [0, 0.1) is 12.8 Å². The maximum absolute atomic E-state index is 13.0. The number of carbonyl (C=O) groups excluding carboxylic acids is 1. The Hall–Kier alpha value is -2.77. The number of rotatable bonds is 7. The Morgan fingerprint density at radius 1 is 1.03 bits per heavy atom. The number of amides is 1. The van der Waals surface area contributed by atoms with Gasteiger partial charge in [-0.15, -0.1) is 0 Å². The molecule has 0 saturated heterocycles. The van der Waals surface area contributed by atoms with Crippen LogP contribution < -0.4 is 10.0 Å². The standard InChI is InChI=1S/C22H25N3O3S/c1-15(2)20(22(26)24-14-17-11-9-16(3)10-12-17)25-29(27,28)19-8-4-6-18-7-5-13-23-21(18)19/h4-13,15,20,25H,14H2,1-3H3,(H,24,26)/t20-/m0/s1. The Labute approximate surface area is 171 Å². The first kappa shape index (κ1) is 21.0. The van der Waals surface area contributed by atoms with Crippen molar-refractivity contribution >= 4 is 26.8 Å². The van der Waals surface area contributed by atoms with E-state index in [-0.39, 0.29) is 16.7 Å². The van der Waals surface area contributed by atoms with Gasteiger partial charge in [0, 0.05) is 18.1 Å². The second-order valence-corrected chi connectivity index (χ2v) is 9.06. The molecule has 0 aliphatic carbocycles. The molecule has 0 aliphatic heterocycles. The fourth-order valence-corrected chi connectivity index (χ4v) is 4.54. The van der Waals surface area contributed by atoms with E-state index in [1.165, 1.54) is 6.07 Å². The second-order valence-electron chi connectivity index (χ2n) is 7.38. The number of para-hydroxylation sites is 1. The van der Waals surface area contributed by atoms with Gasteiger partial charge in [-0.2, -0.15) is 4.72 Å². The van der Waals surface area contributed by atoms with Crippen LogP contribution in [-0.4, -0.2) is 25.4 Å². The Kier molecular flexibility index (Phi) is 6.30. The van der Waals surface area contributed by atoms with Crippen molar-refractivity contribution in [3.8, 4) is 0 Å². The van der Waals surface area contributed by atoms with E-state index in [0.717, 1.165) is 16.5 Å². The molecule has 0 spiro atoms. The SMILES string of the molecule is Cc1ccc(CNC(=O)[C@@H](NS(=O)(=O)c2cccc3cccnc23)C(C)C)cc1. The zero-order valence-electron chi connectivity index (χ0n) is 16.7. The summed E-state index contributed by atoms with van der Waals surface area (Å²) in [5.41, 5.74) is 2.47. The highest BCUT2D eigenvalue weighted by atomic mass is 32.2. The molecule has 3 aromatic rings. The number of nitrogens with zero attached hydrogens (tertiary/aromatic N) is 1. The van der Waals surface area contributed by atoms with Gasteiger partial charge in [-0.1, -0.05) is 61.9 Å². The van der Waals surface area contributed by atoms with Gasteiger partial charge < -0.3 is 5.32 Å². The first-order chi connectivity index (χ1) is 13.8. The normalized spacial score (nSPS) is 12.8. The highest BCUT2D eigenvalue weighted by Crippen LogP contribution is 2.21. The monoisotopic (exact) mass is 411 g/mol. The number of fused-ring (bicyclic) bond motifs is 1. The summed E-state index contributed by atoms with van der Waals surface area (Å²) in [6.07, 6.45) is 1.55. The van der Waals surface area contributed by atoms with E-state index in [9.17, 15) is 13.2 Å². The molecule has 1 amide bonds. The van der Waals surface area contributed by atoms with E-state index in [2.05, 4.69) is 15.0 Å². The van der Waals surface area contributed by atoms with Gasteiger partial charge in [0.2, 0.25) is 15.9 Å². The minimum atomic E-state index is -3.94. The zero-order chi connectivity index (χ0) is 21.0. The van der Waals surface area contributed by atoms with Crippen LogP contribution in [0.2, 0.25) is 0 Å². The highest BCUT2D eigenvalue weighted by molar-refractivity contribution is 7.89. The number of sulfonamides is 1.